The second-order valence-electron chi connectivity index (χ2n) is 13.1. The minimum absolute atomic E-state index is 0. The number of piperidine rings is 1. The molecule has 3 aromatic carbocycles. The number of likely N-dealkylation sites (tertiary alicyclic amines) is 1. The van der Waals surface area contributed by atoms with Gasteiger partial charge in [-0.25, -0.2) is 0 Å². The molecule has 9 nitrogen and oxygen atoms in total. The lowest BCUT2D eigenvalue weighted by Gasteiger charge is -2.38. The quantitative estimate of drug-likeness (QED) is 0.174. The molecule has 244 valence electrons. The lowest BCUT2D eigenvalue weighted by Crippen LogP contribution is -2.45. The van der Waals surface area contributed by atoms with Crippen LogP contribution in [0.2, 0.25) is 0 Å². The zero-order chi connectivity index (χ0) is 33.4. The average molecular weight is 634 g/mol. The fourth-order valence-electron chi connectivity index (χ4n) is 5.61. The van der Waals surface area contributed by atoms with Crippen molar-refractivity contribution in [2.24, 2.45) is 11.1 Å². The Balaban J connectivity index is 0.000000807. The highest BCUT2D eigenvalue weighted by Crippen LogP contribution is 2.36. The number of benzene rings is 3. The third kappa shape index (κ3) is 8.90. The molecule has 0 aliphatic carbocycles. The summed E-state index contributed by atoms with van der Waals surface area (Å²) < 4.78 is 11.3. The van der Waals surface area contributed by atoms with Crippen LogP contribution >= 0.6 is 0 Å². The van der Waals surface area contributed by atoms with Crippen molar-refractivity contribution in [2.45, 2.75) is 52.1 Å². The fraction of sp³-hybridized carbons (Fsp3) is 0.316. The number of hydrogen-bond acceptors (Lipinski definition) is 8. The van der Waals surface area contributed by atoms with E-state index < -0.39 is 11.4 Å². The fourth-order valence-corrected chi connectivity index (χ4v) is 5.61. The maximum Gasteiger partial charge on any atom is 0.310 e. The molecule has 6 rings (SSSR count). The number of hydrogen-bond donors (Lipinski definition) is 2. The summed E-state index contributed by atoms with van der Waals surface area (Å²) in [6.07, 6.45) is 3.38. The zero-order valence-electron chi connectivity index (χ0n) is 27.5. The SMILES string of the molecule is CC(C)(C)N.COc1cc(-c2nc(-c3ccc(CN4CCC(Cc5ccccn5)(C(=O)O)CC4)cc3)no2)ccc1-c1ccccc1. The number of carbonyl (C=O) groups is 1. The van der Waals surface area contributed by atoms with Gasteiger partial charge in [-0.1, -0.05) is 65.8 Å². The van der Waals surface area contributed by atoms with Crippen LogP contribution in [0.25, 0.3) is 34.0 Å². The molecule has 1 aliphatic rings. The van der Waals surface area contributed by atoms with Crippen molar-refractivity contribution in [1.29, 1.82) is 0 Å². The van der Waals surface area contributed by atoms with E-state index in [1.165, 1.54) is 0 Å². The molecule has 0 radical (unpaired) electrons. The van der Waals surface area contributed by atoms with Gasteiger partial charge in [-0.3, -0.25) is 14.7 Å². The number of aliphatic carboxylic acids is 1. The number of ether oxygens (including phenoxy) is 1. The molecule has 5 aromatic rings. The Kier molecular flexibility index (Phi) is 10.5. The van der Waals surface area contributed by atoms with Gasteiger partial charge >= 0.3 is 5.97 Å². The number of nitrogens with zero attached hydrogens (tertiary/aromatic N) is 4. The van der Waals surface area contributed by atoms with E-state index in [4.69, 9.17) is 15.0 Å². The molecule has 1 saturated heterocycles. The van der Waals surface area contributed by atoms with Crippen molar-refractivity contribution < 1.29 is 19.2 Å². The standard InChI is InChI=1S/C34H32N4O4.C4H11N/c1-41-30-21-27(14-15-29(30)25-7-3-2-4-8-25)32-36-31(37-42-32)26-12-10-24(11-13-26)23-38-19-16-34(17-20-38,33(39)40)22-28-9-5-6-18-35-28;1-4(2,3)5/h2-15,18,21H,16-17,19-20,22-23H2,1H3,(H,39,40);5H2,1-3H3. The molecule has 2 aromatic heterocycles. The summed E-state index contributed by atoms with van der Waals surface area (Å²) in [4.78, 5) is 23.6. The molecule has 1 aliphatic heterocycles. The number of carboxylic acid groups (broad SMARTS) is 1. The first-order valence-electron chi connectivity index (χ1n) is 15.8. The number of nitrogens with two attached hydrogens (primary N) is 1. The summed E-state index contributed by atoms with van der Waals surface area (Å²) in [5, 5.41) is 14.3. The number of carboxylic acids is 1. The monoisotopic (exact) mass is 633 g/mol. The van der Waals surface area contributed by atoms with Crippen molar-refractivity contribution >= 4 is 5.97 Å². The molecule has 3 heterocycles. The molecule has 0 amide bonds. The molecule has 0 saturated carbocycles. The van der Waals surface area contributed by atoms with Crippen LogP contribution in [0.4, 0.5) is 0 Å². The van der Waals surface area contributed by atoms with Crippen LogP contribution < -0.4 is 10.5 Å². The lowest BCUT2D eigenvalue weighted by atomic mass is 9.74. The molecule has 0 unspecified atom stereocenters. The highest BCUT2D eigenvalue weighted by Gasteiger charge is 2.41. The van der Waals surface area contributed by atoms with Gasteiger partial charge in [-0.2, -0.15) is 4.98 Å². The number of methoxy groups -OCH3 is 1. The van der Waals surface area contributed by atoms with Crippen LogP contribution in [0.15, 0.2) is 102 Å². The number of pyridine rings is 1. The summed E-state index contributed by atoms with van der Waals surface area (Å²) in [7, 11) is 1.65. The van der Waals surface area contributed by atoms with Gasteiger partial charge in [-0.15, -0.1) is 0 Å². The predicted octanol–water partition coefficient (Wildman–Crippen LogP) is 7.13. The Morgan fingerprint density at radius 3 is 2.21 bits per heavy atom. The number of aromatic nitrogens is 3. The van der Waals surface area contributed by atoms with Gasteiger partial charge in [0.25, 0.3) is 5.89 Å². The van der Waals surface area contributed by atoms with Gasteiger partial charge < -0.3 is 20.1 Å². The highest BCUT2D eigenvalue weighted by molar-refractivity contribution is 5.75. The molecule has 1 fully saturated rings. The van der Waals surface area contributed by atoms with E-state index in [0.29, 0.717) is 31.0 Å². The van der Waals surface area contributed by atoms with E-state index >= 15 is 0 Å². The lowest BCUT2D eigenvalue weighted by molar-refractivity contribution is -0.152. The zero-order valence-corrected chi connectivity index (χ0v) is 27.5. The van der Waals surface area contributed by atoms with Crippen molar-refractivity contribution in [3.63, 3.8) is 0 Å². The van der Waals surface area contributed by atoms with Gasteiger partial charge in [0.15, 0.2) is 0 Å². The van der Waals surface area contributed by atoms with E-state index in [1.807, 2.05) is 99.6 Å². The van der Waals surface area contributed by atoms with E-state index in [0.717, 1.165) is 58.9 Å². The summed E-state index contributed by atoms with van der Waals surface area (Å²) in [6, 6.07) is 29.7. The van der Waals surface area contributed by atoms with E-state index in [9.17, 15) is 9.90 Å². The van der Waals surface area contributed by atoms with Crippen molar-refractivity contribution in [3.05, 3.63) is 108 Å². The Bertz CT molecular complexity index is 1730. The third-order valence-corrected chi connectivity index (χ3v) is 8.09. The van der Waals surface area contributed by atoms with Crippen LogP contribution in [-0.4, -0.2) is 56.8 Å². The van der Waals surface area contributed by atoms with Crippen molar-refractivity contribution in [3.8, 4) is 39.7 Å². The molecule has 3 N–H and O–H groups in total. The summed E-state index contributed by atoms with van der Waals surface area (Å²) in [6.45, 7) is 8.10. The van der Waals surface area contributed by atoms with Crippen LogP contribution in [0.3, 0.4) is 0 Å². The minimum Gasteiger partial charge on any atom is -0.496 e. The Labute approximate surface area is 276 Å². The first-order chi connectivity index (χ1) is 22.5. The maximum atomic E-state index is 12.2. The second kappa shape index (κ2) is 14.7. The molecule has 47 heavy (non-hydrogen) atoms. The second-order valence-corrected chi connectivity index (χ2v) is 13.1. The van der Waals surface area contributed by atoms with E-state index in [1.54, 1.807) is 13.3 Å². The average Bonchev–Trinajstić information content (AvgIpc) is 3.56. The van der Waals surface area contributed by atoms with Crippen molar-refractivity contribution in [1.82, 2.24) is 20.0 Å². The van der Waals surface area contributed by atoms with Gasteiger partial charge in [0.05, 0.1) is 12.5 Å². The van der Waals surface area contributed by atoms with E-state index in [-0.39, 0.29) is 5.54 Å². The van der Waals surface area contributed by atoms with Gasteiger partial charge in [0.2, 0.25) is 5.82 Å². The minimum atomic E-state index is -0.767. The molecule has 0 bridgehead atoms. The van der Waals surface area contributed by atoms with Gasteiger partial charge in [0, 0.05) is 47.1 Å². The normalized spacial score (nSPS) is 14.6. The Morgan fingerprint density at radius 2 is 1.60 bits per heavy atom. The Hall–Kier alpha value is -4.86. The molecular weight excluding hydrogens is 590 g/mol. The third-order valence-electron chi connectivity index (χ3n) is 8.09. The van der Waals surface area contributed by atoms with Crippen molar-refractivity contribution in [2.75, 3.05) is 20.2 Å². The maximum absolute atomic E-state index is 12.2. The smallest absolute Gasteiger partial charge is 0.310 e. The summed E-state index contributed by atoms with van der Waals surface area (Å²) in [5.41, 5.74) is 10.3. The van der Waals surface area contributed by atoms with Crippen LogP contribution in [0, 0.1) is 5.41 Å². The summed E-state index contributed by atoms with van der Waals surface area (Å²) >= 11 is 0. The first kappa shape index (κ1) is 33.5. The topological polar surface area (TPSA) is 128 Å². The van der Waals surface area contributed by atoms with Crippen LogP contribution in [0.5, 0.6) is 5.75 Å². The first-order valence-corrected chi connectivity index (χ1v) is 15.8. The summed E-state index contributed by atoms with van der Waals surface area (Å²) in [5.74, 6) is 0.939. The molecular formula is C38H43N5O4. The molecule has 0 spiro atoms. The molecule has 9 heteroatoms. The van der Waals surface area contributed by atoms with Gasteiger partial charge in [0.1, 0.15) is 5.75 Å². The molecule has 0 atom stereocenters. The largest absolute Gasteiger partial charge is 0.496 e. The van der Waals surface area contributed by atoms with E-state index in [2.05, 4.69) is 32.2 Å². The predicted molar refractivity (Wildman–Crippen MR) is 184 cm³/mol. The number of rotatable bonds is 9. The van der Waals surface area contributed by atoms with Gasteiger partial charge in [-0.05, 0) is 88.2 Å². The van der Waals surface area contributed by atoms with Crippen LogP contribution in [-0.2, 0) is 17.8 Å². The Morgan fingerprint density at radius 1 is 0.936 bits per heavy atom. The van der Waals surface area contributed by atoms with Crippen LogP contribution in [0.1, 0.15) is 44.9 Å². The highest BCUT2D eigenvalue weighted by atomic mass is 16.5.